The van der Waals surface area contributed by atoms with E-state index in [0.717, 1.165) is 39.3 Å². The summed E-state index contributed by atoms with van der Waals surface area (Å²) in [5.74, 6) is 0. The summed E-state index contributed by atoms with van der Waals surface area (Å²) in [5.41, 5.74) is 5.59. The summed E-state index contributed by atoms with van der Waals surface area (Å²) in [6.07, 6.45) is 1.02. The first kappa shape index (κ1) is 14.3. The van der Waals surface area contributed by atoms with Crippen LogP contribution in [0.2, 0.25) is 0 Å². The minimum absolute atomic E-state index is 0.864. The molecule has 3 rings (SSSR count). The topological polar surface area (TPSA) is 12.5 Å². The lowest BCUT2D eigenvalue weighted by atomic mass is 9.99. The maximum atomic E-state index is 5.41. The summed E-state index contributed by atoms with van der Waals surface area (Å²) in [5, 5.41) is 0. The molecule has 2 nitrogen and oxygen atoms in total. The number of nitrogens with zero attached hydrogens (tertiary/aromatic N) is 1. The highest BCUT2D eigenvalue weighted by Crippen LogP contribution is 2.16. The van der Waals surface area contributed by atoms with Gasteiger partial charge in [-0.2, -0.15) is 0 Å². The van der Waals surface area contributed by atoms with Gasteiger partial charge < -0.3 is 4.74 Å². The molecule has 1 heterocycles. The van der Waals surface area contributed by atoms with Crippen LogP contribution < -0.4 is 0 Å². The molecule has 2 heteroatoms. The first-order valence-corrected chi connectivity index (χ1v) is 7.74. The van der Waals surface area contributed by atoms with E-state index in [1.807, 2.05) is 0 Å². The van der Waals surface area contributed by atoms with Gasteiger partial charge in [0.05, 0.1) is 13.2 Å². The normalized spacial score (nSPS) is 16.0. The van der Waals surface area contributed by atoms with E-state index in [-0.39, 0.29) is 0 Å². The Morgan fingerprint density at radius 2 is 1.71 bits per heavy atom. The van der Waals surface area contributed by atoms with Crippen molar-refractivity contribution in [1.82, 2.24) is 4.90 Å². The molecule has 110 valence electrons. The highest BCUT2D eigenvalue weighted by molar-refractivity contribution is 5.33. The van der Waals surface area contributed by atoms with Crippen LogP contribution >= 0.6 is 0 Å². The monoisotopic (exact) mass is 281 g/mol. The van der Waals surface area contributed by atoms with Crippen LogP contribution in [0.5, 0.6) is 0 Å². The summed E-state index contributed by atoms with van der Waals surface area (Å²) in [6, 6.07) is 17.6. The lowest BCUT2D eigenvalue weighted by Crippen LogP contribution is -2.35. The van der Waals surface area contributed by atoms with E-state index < -0.39 is 0 Å². The Morgan fingerprint density at radius 1 is 0.952 bits per heavy atom. The summed E-state index contributed by atoms with van der Waals surface area (Å²) in [7, 11) is 0. The van der Waals surface area contributed by atoms with Crippen LogP contribution in [0.25, 0.3) is 0 Å². The molecule has 0 spiro atoms. The minimum Gasteiger partial charge on any atom is -0.379 e. The second-order valence-electron chi connectivity index (χ2n) is 5.81. The zero-order valence-electron chi connectivity index (χ0n) is 12.7. The molecular formula is C19H23NO. The van der Waals surface area contributed by atoms with Gasteiger partial charge in [-0.25, -0.2) is 0 Å². The molecule has 21 heavy (non-hydrogen) atoms. The Morgan fingerprint density at radius 3 is 2.52 bits per heavy atom. The molecule has 0 atom stereocenters. The molecule has 0 radical (unpaired) electrons. The van der Waals surface area contributed by atoms with Crippen LogP contribution in [0, 0.1) is 6.92 Å². The predicted molar refractivity (Wildman–Crippen MR) is 86.5 cm³/mol. The molecular weight excluding hydrogens is 258 g/mol. The molecule has 1 fully saturated rings. The van der Waals surface area contributed by atoms with E-state index in [0.29, 0.717) is 0 Å². The fourth-order valence-corrected chi connectivity index (χ4v) is 2.88. The largest absolute Gasteiger partial charge is 0.379 e. The summed E-state index contributed by atoms with van der Waals surface area (Å²) in [6.45, 7) is 7.04. The molecule has 0 N–H and O–H groups in total. The van der Waals surface area contributed by atoms with Crippen molar-refractivity contribution in [3.63, 3.8) is 0 Å². The number of aryl methyl sites for hydroxylation is 1. The molecule has 1 aliphatic heterocycles. The average Bonchev–Trinajstić information content (AvgIpc) is 2.51. The van der Waals surface area contributed by atoms with Crippen molar-refractivity contribution < 1.29 is 4.74 Å². The lowest BCUT2D eigenvalue weighted by Gasteiger charge is -2.26. The van der Waals surface area contributed by atoms with Crippen LogP contribution in [0.4, 0.5) is 0 Å². The quantitative estimate of drug-likeness (QED) is 0.851. The molecule has 0 bridgehead atoms. The zero-order chi connectivity index (χ0) is 14.5. The number of benzene rings is 2. The van der Waals surface area contributed by atoms with Crippen LogP contribution in [0.15, 0.2) is 48.5 Å². The number of hydrogen-bond acceptors (Lipinski definition) is 2. The highest BCUT2D eigenvalue weighted by atomic mass is 16.5. The molecule has 0 amide bonds. The van der Waals surface area contributed by atoms with Crippen LogP contribution in [0.1, 0.15) is 22.3 Å². The smallest absolute Gasteiger partial charge is 0.0594 e. The SMILES string of the molecule is Cc1ccccc1Cc1cccc(CN2CCOCC2)c1. The first-order valence-electron chi connectivity index (χ1n) is 7.74. The summed E-state index contributed by atoms with van der Waals surface area (Å²) in [4.78, 5) is 2.47. The van der Waals surface area contributed by atoms with Gasteiger partial charge in [0.1, 0.15) is 0 Å². The van der Waals surface area contributed by atoms with Gasteiger partial charge in [-0.05, 0) is 35.6 Å². The Labute approximate surface area is 127 Å². The highest BCUT2D eigenvalue weighted by Gasteiger charge is 2.10. The minimum atomic E-state index is 0.864. The van der Waals surface area contributed by atoms with Crippen molar-refractivity contribution in [3.8, 4) is 0 Å². The zero-order valence-corrected chi connectivity index (χ0v) is 12.7. The molecule has 0 saturated carbocycles. The Bertz CT molecular complexity index is 588. The van der Waals surface area contributed by atoms with E-state index in [1.165, 1.54) is 22.3 Å². The van der Waals surface area contributed by atoms with Gasteiger partial charge in [-0.15, -0.1) is 0 Å². The fraction of sp³-hybridized carbons (Fsp3) is 0.368. The molecule has 2 aromatic rings. The fourth-order valence-electron chi connectivity index (χ4n) is 2.88. The maximum Gasteiger partial charge on any atom is 0.0594 e. The number of rotatable bonds is 4. The Hall–Kier alpha value is -1.64. The van der Waals surface area contributed by atoms with E-state index >= 15 is 0 Å². The molecule has 0 unspecified atom stereocenters. The van der Waals surface area contributed by atoms with Crippen LogP contribution in [-0.2, 0) is 17.7 Å². The lowest BCUT2D eigenvalue weighted by molar-refractivity contribution is 0.0342. The van der Waals surface area contributed by atoms with Crippen molar-refractivity contribution in [2.75, 3.05) is 26.3 Å². The van der Waals surface area contributed by atoms with Crippen molar-refractivity contribution >= 4 is 0 Å². The van der Waals surface area contributed by atoms with Crippen LogP contribution in [-0.4, -0.2) is 31.2 Å². The Kier molecular flexibility index (Phi) is 4.69. The Balaban J connectivity index is 1.69. The van der Waals surface area contributed by atoms with Crippen molar-refractivity contribution in [1.29, 1.82) is 0 Å². The van der Waals surface area contributed by atoms with Gasteiger partial charge in [0.2, 0.25) is 0 Å². The van der Waals surface area contributed by atoms with Gasteiger partial charge in [-0.1, -0.05) is 48.5 Å². The number of ether oxygens (including phenoxy) is 1. The maximum absolute atomic E-state index is 5.41. The number of hydrogen-bond donors (Lipinski definition) is 0. The third-order valence-electron chi connectivity index (χ3n) is 4.16. The van der Waals surface area contributed by atoms with Crippen molar-refractivity contribution in [2.45, 2.75) is 19.9 Å². The van der Waals surface area contributed by atoms with Crippen molar-refractivity contribution in [3.05, 3.63) is 70.8 Å². The second-order valence-corrected chi connectivity index (χ2v) is 5.81. The average molecular weight is 281 g/mol. The molecule has 2 aromatic carbocycles. The third kappa shape index (κ3) is 3.93. The molecule has 0 aromatic heterocycles. The van der Waals surface area contributed by atoms with Gasteiger partial charge in [0.25, 0.3) is 0 Å². The van der Waals surface area contributed by atoms with E-state index in [9.17, 15) is 0 Å². The third-order valence-corrected chi connectivity index (χ3v) is 4.16. The van der Waals surface area contributed by atoms with Gasteiger partial charge in [0.15, 0.2) is 0 Å². The molecule has 1 saturated heterocycles. The van der Waals surface area contributed by atoms with Gasteiger partial charge >= 0.3 is 0 Å². The summed E-state index contributed by atoms with van der Waals surface area (Å²) >= 11 is 0. The predicted octanol–water partition coefficient (Wildman–Crippen LogP) is 3.42. The molecule has 1 aliphatic rings. The van der Waals surface area contributed by atoms with Gasteiger partial charge in [-0.3, -0.25) is 4.90 Å². The first-order chi connectivity index (χ1) is 10.3. The van der Waals surface area contributed by atoms with Crippen LogP contribution in [0.3, 0.4) is 0 Å². The summed E-state index contributed by atoms with van der Waals surface area (Å²) < 4.78 is 5.41. The standard InChI is InChI=1S/C19H23NO/c1-16-5-2-3-8-19(16)14-17-6-4-7-18(13-17)15-20-9-11-21-12-10-20/h2-8,13H,9-12,14-15H2,1H3. The van der Waals surface area contributed by atoms with Crippen molar-refractivity contribution in [2.24, 2.45) is 0 Å². The van der Waals surface area contributed by atoms with E-state index in [1.54, 1.807) is 0 Å². The second kappa shape index (κ2) is 6.88. The van der Waals surface area contributed by atoms with Gasteiger partial charge in [0, 0.05) is 19.6 Å². The molecule has 0 aliphatic carbocycles. The number of morpholine rings is 1. The van der Waals surface area contributed by atoms with E-state index in [4.69, 9.17) is 4.74 Å². The van der Waals surface area contributed by atoms with E-state index in [2.05, 4.69) is 60.4 Å².